The van der Waals surface area contributed by atoms with Crippen molar-refractivity contribution in [1.82, 2.24) is 5.32 Å². The Labute approximate surface area is 109 Å². The van der Waals surface area contributed by atoms with Gasteiger partial charge in [0, 0.05) is 6.04 Å². The molecule has 0 amide bonds. The zero-order chi connectivity index (χ0) is 12.3. The van der Waals surface area contributed by atoms with E-state index in [4.69, 9.17) is 0 Å². The van der Waals surface area contributed by atoms with Gasteiger partial charge >= 0.3 is 0 Å². The van der Waals surface area contributed by atoms with Crippen molar-refractivity contribution in [3.63, 3.8) is 0 Å². The first-order valence-electron chi connectivity index (χ1n) is 8.06. The molecule has 0 radical (unpaired) electrons. The fraction of sp³-hybridized carbons (Fsp3) is 1.00. The van der Waals surface area contributed by atoms with Gasteiger partial charge < -0.3 is 5.32 Å². The molecule has 0 aromatic heterocycles. The Morgan fingerprint density at radius 2 is 1.53 bits per heavy atom. The van der Waals surface area contributed by atoms with Crippen molar-refractivity contribution in [2.24, 2.45) is 5.92 Å². The minimum absolute atomic E-state index is 0.885. The normalized spacial score (nSPS) is 17.3. The maximum absolute atomic E-state index is 3.63. The van der Waals surface area contributed by atoms with Crippen molar-refractivity contribution >= 4 is 0 Å². The summed E-state index contributed by atoms with van der Waals surface area (Å²) < 4.78 is 0. The molecule has 0 saturated heterocycles. The Bertz CT molecular complexity index is 163. The molecule has 17 heavy (non-hydrogen) atoms. The zero-order valence-electron chi connectivity index (χ0n) is 12.1. The summed E-state index contributed by atoms with van der Waals surface area (Å²) in [6.07, 6.45) is 15.8. The Morgan fingerprint density at radius 3 is 2.12 bits per heavy atom. The lowest BCUT2D eigenvalue weighted by molar-refractivity contribution is 0.449. The minimum Gasteiger partial charge on any atom is -0.314 e. The summed E-state index contributed by atoms with van der Waals surface area (Å²) in [4.78, 5) is 0. The highest BCUT2D eigenvalue weighted by atomic mass is 14.9. The molecule has 1 atom stereocenters. The van der Waals surface area contributed by atoms with E-state index in [1.807, 2.05) is 0 Å². The molecule has 1 heteroatoms. The van der Waals surface area contributed by atoms with Crippen LogP contribution >= 0.6 is 0 Å². The lowest BCUT2D eigenvalue weighted by Crippen LogP contribution is -2.23. The first-order valence-corrected chi connectivity index (χ1v) is 8.06. The Morgan fingerprint density at radius 1 is 0.941 bits per heavy atom. The summed E-state index contributed by atoms with van der Waals surface area (Å²) >= 11 is 0. The van der Waals surface area contributed by atoms with Crippen LogP contribution in [0.2, 0.25) is 0 Å². The van der Waals surface area contributed by atoms with E-state index >= 15 is 0 Å². The van der Waals surface area contributed by atoms with Gasteiger partial charge in [0.05, 0.1) is 0 Å². The third kappa shape index (κ3) is 9.64. The van der Waals surface area contributed by atoms with Crippen molar-refractivity contribution in [2.45, 2.75) is 90.5 Å². The average Bonchev–Trinajstić information content (AvgIpc) is 3.14. The minimum atomic E-state index is 0.885. The maximum atomic E-state index is 3.63. The predicted octanol–water partition coefficient (Wildman–Crippen LogP) is 4.91. The molecule has 0 aliphatic heterocycles. The Kier molecular flexibility index (Phi) is 8.78. The molecule has 1 saturated carbocycles. The summed E-state index contributed by atoms with van der Waals surface area (Å²) in [6, 6.07) is 0.885. The third-order valence-electron chi connectivity index (χ3n) is 3.88. The van der Waals surface area contributed by atoms with Crippen LogP contribution < -0.4 is 5.32 Å². The highest BCUT2D eigenvalue weighted by Gasteiger charge is 2.20. The van der Waals surface area contributed by atoms with Gasteiger partial charge in [0.25, 0.3) is 0 Å². The molecular weight excluding hydrogens is 206 g/mol. The van der Waals surface area contributed by atoms with Gasteiger partial charge in [-0.3, -0.25) is 0 Å². The van der Waals surface area contributed by atoms with E-state index in [1.165, 1.54) is 77.2 Å². The number of hydrogen-bond donors (Lipinski definition) is 1. The summed E-state index contributed by atoms with van der Waals surface area (Å²) in [5, 5.41) is 3.63. The summed E-state index contributed by atoms with van der Waals surface area (Å²) in [7, 11) is 0. The first-order chi connectivity index (χ1) is 8.33. The van der Waals surface area contributed by atoms with Gasteiger partial charge in [0.15, 0.2) is 0 Å². The molecule has 1 aliphatic rings. The van der Waals surface area contributed by atoms with Crippen molar-refractivity contribution in [3.05, 3.63) is 0 Å². The van der Waals surface area contributed by atoms with Crippen LogP contribution in [0.1, 0.15) is 84.5 Å². The molecule has 1 N–H and O–H groups in total. The van der Waals surface area contributed by atoms with Gasteiger partial charge in [-0.1, -0.05) is 65.2 Å². The van der Waals surface area contributed by atoms with Gasteiger partial charge in [0.1, 0.15) is 0 Å². The van der Waals surface area contributed by atoms with E-state index in [-0.39, 0.29) is 0 Å². The van der Waals surface area contributed by atoms with Crippen LogP contribution in [0.3, 0.4) is 0 Å². The van der Waals surface area contributed by atoms with Gasteiger partial charge in [-0.15, -0.1) is 0 Å². The molecular formula is C16H33N. The van der Waals surface area contributed by atoms with Crippen LogP contribution in [0.5, 0.6) is 0 Å². The molecule has 0 heterocycles. The zero-order valence-corrected chi connectivity index (χ0v) is 12.1. The van der Waals surface area contributed by atoms with E-state index in [0.29, 0.717) is 0 Å². The quantitative estimate of drug-likeness (QED) is 0.477. The third-order valence-corrected chi connectivity index (χ3v) is 3.88. The monoisotopic (exact) mass is 239 g/mol. The van der Waals surface area contributed by atoms with Crippen LogP contribution in [-0.2, 0) is 0 Å². The van der Waals surface area contributed by atoms with E-state index < -0.39 is 0 Å². The lowest BCUT2D eigenvalue weighted by Gasteiger charge is -2.11. The number of unbranched alkanes of at least 4 members (excludes halogenated alkanes) is 7. The molecule has 1 aliphatic carbocycles. The van der Waals surface area contributed by atoms with Gasteiger partial charge in [-0.25, -0.2) is 0 Å². The molecule has 0 aromatic carbocycles. The largest absolute Gasteiger partial charge is 0.314 e. The van der Waals surface area contributed by atoms with Crippen LogP contribution in [0.15, 0.2) is 0 Å². The molecule has 1 fully saturated rings. The van der Waals surface area contributed by atoms with E-state index in [0.717, 1.165) is 12.0 Å². The number of rotatable bonds is 12. The topological polar surface area (TPSA) is 12.0 Å². The van der Waals surface area contributed by atoms with Crippen molar-refractivity contribution in [1.29, 1.82) is 0 Å². The standard InChI is InChI=1S/C16H33N/c1-3-4-5-6-7-8-9-10-11-15(2)14-17-16-12-13-16/h15-17H,3-14H2,1-2H3. The molecule has 0 aromatic rings. The highest BCUT2D eigenvalue weighted by molar-refractivity contribution is 4.81. The molecule has 0 spiro atoms. The summed E-state index contributed by atoms with van der Waals surface area (Å²) in [5.41, 5.74) is 0. The van der Waals surface area contributed by atoms with Gasteiger partial charge in [0.2, 0.25) is 0 Å². The highest BCUT2D eigenvalue weighted by Crippen LogP contribution is 2.19. The SMILES string of the molecule is CCCCCCCCCCC(C)CNC1CC1. The van der Waals surface area contributed by atoms with E-state index in [1.54, 1.807) is 0 Å². The lowest BCUT2D eigenvalue weighted by atomic mass is 10.0. The summed E-state index contributed by atoms with van der Waals surface area (Å²) in [5.74, 6) is 0.885. The molecule has 1 rings (SSSR count). The van der Waals surface area contributed by atoms with Gasteiger partial charge in [-0.2, -0.15) is 0 Å². The van der Waals surface area contributed by atoms with Crippen molar-refractivity contribution in [3.8, 4) is 0 Å². The fourth-order valence-corrected chi connectivity index (χ4v) is 2.38. The van der Waals surface area contributed by atoms with Crippen LogP contribution in [0.25, 0.3) is 0 Å². The average molecular weight is 239 g/mol. The van der Waals surface area contributed by atoms with E-state index in [9.17, 15) is 0 Å². The second-order valence-electron chi connectivity index (χ2n) is 6.05. The van der Waals surface area contributed by atoms with Gasteiger partial charge in [-0.05, 0) is 31.7 Å². The number of nitrogens with one attached hydrogen (secondary N) is 1. The summed E-state index contributed by atoms with van der Waals surface area (Å²) in [6.45, 7) is 5.94. The molecule has 0 bridgehead atoms. The predicted molar refractivity (Wildman–Crippen MR) is 77.4 cm³/mol. The van der Waals surface area contributed by atoms with Crippen molar-refractivity contribution < 1.29 is 0 Å². The molecule has 1 unspecified atom stereocenters. The molecule has 1 nitrogen and oxygen atoms in total. The van der Waals surface area contributed by atoms with Crippen LogP contribution in [0, 0.1) is 5.92 Å². The van der Waals surface area contributed by atoms with Crippen molar-refractivity contribution in [2.75, 3.05) is 6.54 Å². The fourth-order valence-electron chi connectivity index (χ4n) is 2.38. The van der Waals surface area contributed by atoms with Crippen LogP contribution in [-0.4, -0.2) is 12.6 Å². The Balaban J connectivity index is 1.73. The number of hydrogen-bond acceptors (Lipinski definition) is 1. The van der Waals surface area contributed by atoms with Crippen LogP contribution in [0.4, 0.5) is 0 Å². The van der Waals surface area contributed by atoms with E-state index in [2.05, 4.69) is 19.2 Å². The maximum Gasteiger partial charge on any atom is 0.00683 e. The first kappa shape index (κ1) is 15.0. The smallest absolute Gasteiger partial charge is 0.00683 e. The molecule has 102 valence electrons. The second kappa shape index (κ2) is 9.94. The Hall–Kier alpha value is -0.0400. The second-order valence-corrected chi connectivity index (χ2v) is 6.05.